The van der Waals surface area contributed by atoms with E-state index in [1.54, 1.807) is 18.2 Å². The molecular weight excluding hydrogens is 355 g/mol. The highest BCUT2D eigenvalue weighted by Crippen LogP contribution is 2.32. The van der Waals surface area contributed by atoms with Crippen molar-refractivity contribution < 1.29 is 22.7 Å². The van der Waals surface area contributed by atoms with E-state index in [2.05, 4.69) is 15.5 Å². The van der Waals surface area contributed by atoms with Crippen LogP contribution in [0, 0.1) is 0 Å². The second-order valence-corrected chi connectivity index (χ2v) is 5.69. The van der Waals surface area contributed by atoms with E-state index >= 15 is 0 Å². The standard InChI is InChI=1S/C16H10F3N3O2S/c17-16(18,19)11-4-2-6-13(8-11)24-12-5-1-3-10(7-12)14(23)21-15-22-20-9-25-15/h1-9H,(H,21,22,23). The van der Waals surface area contributed by atoms with Gasteiger partial charge in [0.05, 0.1) is 5.56 Å². The van der Waals surface area contributed by atoms with E-state index in [4.69, 9.17) is 4.74 Å². The van der Waals surface area contributed by atoms with Gasteiger partial charge in [-0.2, -0.15) is 13.2 Å². The van der Waals surface area contributed by atoms with Crippen molar-refractivity contribution in [1.82, 2.24) is 10.2 Å². The zero-order valence-corrected chi connectivity index (χ0v) is 13.3. The Balaban J connectivity index is 1.77. The van der Waals surface area contributed by atoms with Crippen LogP contribution < -0.4 is 10.1 Å². The molecule has 128 valence electrons. The van der Waals surface area contributed by atoms with Crippen LogP contribution in [0.2, 0.25) is 0 Å². The predicted molar refractivity (Wildman–Crippen MR) is 85.8 cm³/mol. The largest absolute Gasteiger partial charge is 0.457 e. The van der Waals surface area contributed by atoms with Gasteiger partial charge in [0.15, 0.2) is 0 Å². The molecule has 25 heavy (non-hydrogen) atoms. The first-order valence-electron chi connectivity index (χ1n) is 6.94. The van der Waals surface area contributed by atoms with E-state index in [0.717, 1.165) is 23.5 Å². The SMILES string of the molecule is O=C(Nc1nncs1)c1cccc(Oc2cccc(C(F)(F)F)c2)c1. The lowest BCUT2D eigenvalue weighted by Crippen LogP contribution is -2.11. The number of nitrogens with one attached hydrogen (secondary N) is 1. The first kappa shape index (κ1) is 16.9. The van der Waals surface area contributed by atoms with Crippen molar-refractivity contribution in [3.8, 4) is 11.5 Å². The smallest absolute Gasteiger partial charge is 0.416 e. The lowest BCUT2D eigenvalue weighted by molar-refractivity contribution is -0.137. The molecule has 3 aromatic rings. The molecule has 0 spiro atoms. The molecule has 0 aliphatic rings. The topological polar surface area (TPSA) is 64.1 Å². The molecule has 1 heterocycles. The highest BCUT2D eigenvalue weighted by molar-refractivity contribution is 7.13. The normalized spacial score (nSPS) is 11.2. The number of aromatic nitrogens is 2. The van der Waals surface area contributed by atoms with E-state index in [1.807, 2.05) is 0 Å². The number of anilines is 1. The minimum Gasteiger partial charge on any atom is -0.457 e. The van der Waals surface area contributed by atoms with Crippen LogP contribution in [0.5, 0.6) is 11.5 Å². The zero-order chi connectivity index (χ0) is 17.9. The van der Waals surface area contributed by atoms with E-state index in [0.29, 0.717) is 5.13 Å². The van der Waals surface area contributed by atoms with Gasteiger partial charge in [0.2, 0.25) is 5.13 Å². The van der Waals surface area contributed by atoms with Crippen LogP contribution in [-0.2, 0) is 6.18 Å². The fraction of sp³-hybridized carbons (Fsp3) is 0.0625. The Hall–Kier alpha value is -2.94. The Morgan fingerprint density at radius 1 is 1.08 bits per heavy atom. The number of carbonyl (C=O) groups is 1. The maximum absolute atomic E-state index is 12.7. The molecule has 0 saturated carbocycles. The Labute approximate surface area is 144 Å². The van der Waals surface area contributed by atoms with Crippen molar-refractivity contribution in [3.05, 3.63) is 65.2 Å². The van der Waals surface area contributed by atoms with Crippen molar-refractivity contribution >= 4 is 22.4 Å². The average Bonchev–Trinajstić information content (AvgIpc) is 3.07. The van der Waals surface area contributed by atoms with E-state index in [1.165, 1.54) is 23.7 Å². The summed E-state index contributed by atoms with van der Waals surface area (Å²) in [4.78, 5) is 12.1. The number of hydrogen-bond acceptors (Lipinski definition) is 5. The fourth-order valence-corrected chi connectivity index (χ4v) is 2.41. The second-order valence-electron chi connectivity index (χ2n) is 4.85. The van der Waals surface area contributed by atoms with Gasteiger partial charge >= 0.3 is 6.18 Å². The summed E-state index contributed by atoms with van der Waals surface area (Å²) >= 11 is 1.16. The summed E-state index contributed by atoms with van der Waals surface area (Å²) in [5, 5.41) is 10.2. The van der Waals surface area contributed by atoms with Gasteiger partial charge < -0.3 is 4.74 Å². The number of alkyl halides is 3. The molecule has 0 unspecified atom stereocenters. The van der Waals surface area contributed by atoms with Crippen LogP contribution in [-0.4, -0.2) is 16.1 Å². The summed E-state index contributed by atoms with van der Waals surface area (Å²) in [7, 11) is 0. The third-order valence-corrected chi connectivity index (χ3v) is 3.68. The van der Waals surface area contributed by atoms with E-state index in [-0.39, 0.29) is 17.1 Å². The third kappa shape index (κ3) is 4.32. The molecule has 1 N–H and O–H groups in total. The highest BCUT2D eigenvalue weighted by Gasteiger charge is 2.30. The molecule has 0 bridgehead atoms. The van der Waals surface area contributed by atoms with Gasteiger partial charge in [0.25, 0.3) is 5.91 Å². The molecule has 0 atom stereocenters. The van der Waals surface area contributed by atoms with Crippen LogP contribution >= 0.6 is 11.3 Å². The van der Waals surface area contributed by atoms with Gasteiger partial charge in [-0.05, 0) is 36.4 Å². The van der Waals surface area contributed by atoms with Crippen molar-refractivity contribution in [2.24, 2.45) is 0 Å². The van der Waals surface area contributed by atoms with Gasteiger partial charge in [-0.1, -0.05) is 23.5 Å². The molecular formula is C16H10F3N3O2S. The summed E-state index contributed by atoms with van der Waals surface area (Å²) in [6.07, 6.45) is -4.46. The number of hydrogen-bond donors (Lipinski definition) is 1. The Morgan fingerprint density at radius 3 is 2.48 bits per heavy atom. The van der Waals surface area contributed by atoms with Crippen LogP contribution in [0.1, 0.15) is 15.9 Å². The van der Waals surface area contributed by atoms with Crippen LogP contribution in [0.15, 0.2) is 54.0 Å². The van der Waals surface area contributed by atoms with E-state index in [9.17, 15) is 18.0 Å². The summed E-state index contributed by atoms with van der Waals surface area (Å²) < 4.78 is 43.7. The molecule has 0 fully saturated rings. The third-order valence-electron chi connectivity index (χ3n) is 3.07. The average molecular weight is 365 g/mol. The molecule has 1 aromatic heterocycles. The number of rotatable bonds is 4. The summed E-state index contributed by atoms with van der Waals surface area (Å²) in [5.74, 6) is -0.160. The number of nitrogens with zero attached hydrogens (tertiary/aromatic N) is 2. The fourth-order valence-electron chi connectivity index (χ4n) is 1.97. The Morgan fingerprint density at radius 2 is 1.80 bits per heavy atom. The van der Waals surface area contributed by atoms with E-state index < -0.39 is 17.6 Å². The number of ether oxygens (including phenoxy) is 1. The van der Waals surface area contributed by atoms with Crippen molar-refractivity contribution in [3.63, 3.8) is 0 Å². The van der Waals surface area contributed by atoms with Gasteiger partial charge in [0, 0.05) is 5.56 Å². The first-order chi connectivity index (χ1) is 11.9. The maximum atomic E-state index is 12.7. The molecule has 2 aromatic carbocycles. The number of carbonyl (C=O) groups excluding carboxylic acids is 1. The monoisotopic (exact) mass is 365 g/mol. The Bertz CT molecular complexity index is 882. The van der Waals surface area contributed by atoms with Crippen LogP contribution in [0.25, 0.3) is 0 Å². The summed E-state index contributed by atoms with van der Waals surface area (Å²) in [5.41, 5.74) is 0.942. The molecule has 0 radical (unpaired) electrons. The van der Waals surface area contributed by atoms with Crippen LogP contribution in [0.4, 0.5) is 18.3 Å². The number of benzene rings is 2. The van der Waals surface area contributed by atoms with Crippen molar-refractivity contribution in [2.45, 2.75) is 6.18 Å². The molecule has 0 saturated heterocycles. The second kappa shape index (κ2) is 6.89. The quantitative estimate of drug-likeness (QED) is 0.734. The van der Waals surface area contributed by atoms with Gasteiger partial charge in [-0.15, -0.1) is 10.2 Å². The molecule has 5 nitrogen and oxygen atoms in total. The van der Waals surface area contributed by atoms with Gasteiger partial charge in [-0.25, -0.2) is 0 Å². The molecule has 3 rings (SSSR count). The number of halogens is 3. The lowest BCUT2D eigenvalue weighted by atomic mass is 10.2. The summed E-state index contributed by atoms with van der Waals surface area (Å²) in [6, 6.07) is 10.6. The first-order valence-corrected chi connectivity index (χ1v) is 7.82. The molecule has 9 heteroatoms. The minimum atomic E-state index is -4.46. The maximum Gasteiger partial charge on any atom is 0.416 e. The minimum absolute atomic E-state index is 0.0245. The van der Waals surface area contributed by atoms with Gasteiger partial charge in [0.1, 0.15) is 17.0 Å². The van der Waals surface area contributed by atoms with Crippen molar-refractivity contribution in [1.29, 1.82) is 0 Å². The molecule has 0 aliphatic carbocycles. The van der Waals surface area contributed by atoms with Crippen molar-refractivity contribution in [2.75, 3.05) is 5.32 Å². The Kier molecular flexibility index (Phi) is 4.66. The van der Waals surface area contributed by atoms with Gasteiger partial charge in [-0.3, -0.25) is 10.1 Å². The lowest BCUT2D eigenvalue weighted by Gasteiger charge is -2.10. The summed E-state index contributed by atoms with van der Waals surface area (Å²) in [6.45, 7) is 0. The molecule has 1 amide bonds. The molecule has 0 aliphatic heterocycles. The van der Waals surface area contributed by atoms with Crippen LogP contribution in [0.3, 0.4) is 0 Å². The zero-order valence-electron chi connectivity index (χ0n) is 12.4. The highest BCUT2D eigenvalue weighted by atomic mass is 32.1. The number of amides is 1. The predicted octanol–water partition coefficient (Wildman–Crippen LogP) is 4.60.